The molecule has 1 aromatic rings. The second-order valence-electron chi connectivity index (χ2n) is 5.23. The number of hydrogen-bond donors (Lipinski definition) is 2. The smallest absolute Gasteiger partial charge is 0.317 e. The van der Waals surface area contributed by atoms with E-state index in [2.05, 4.69) is 10.3 Å². The molecule has 0 aliphatic carbocycles. The second-order valence-corrected chi connectivity index (χ2v) is 5.23. The maximum atomic E-state index is 12.8. The topological polar surface area (TPSA) is 64.7 Å². The zero-order chi connectivity index (χ0) is 17.0. The SMILES string of the molecule is CN1CCN(NC(=O)C(=O)Nc2ccccc2C(F)(F)F)CC1. The molecule has 1 saturated heterocycles. The lowest BCUT2D eigenvalue weighted by atomic mass is 10.1. The van der Waals surface area contributed by atoms with Crippen LogP contribution < -0.4 is 10.7 Å². The Bertz CT molecular complexity index is 584. The van der Waals surface area contributed by atoms with Crippen molar-refractivity contribution in [1.82, 2.24) is 15.3 Å². The van der Waals surface area contributed by atoms with E-state index in [-0.39, 0.29) is 0 Å². The molecule has 1 fully saturated rings. The molecular formula is C14H17F3N4O2. The first-order valence-electron chi connectivity index (χ1n) is 6.99. The van der Waals surface area contributed by atoms with Gasteiger partial charge in [-0.3, -0.25) is 15.0 Å². The van der Waals surface area contributed by atoms with Crippen LogP contribution in [0.1, 0.15) is 5.56 Å². The average molecular weight is 330 g/mol. The minimum atomic E-state index is -4.61. The Kier molecular flexibility index (Phi) is 5.22. The highest BCUT2D eigenvalue weighted by Gasteiger charge is 2.34. The predicted octanol–water partition coefficient (Wildman–Crippen LogP) is 0.922. The van der Waals surface area contributed by atoms with Gasteiger partial charge in [-0.25, -0.2) is 5.01 Å². The average Bonchev–Trinajstić information content (AvgIpc) is 2.49. The summed E-state index contributed by atoms with van der Waals surface area (Å²) >= 11 is 0. The number of nitrogens with one attached hydrogen (secondary N) is 2. The number of rotatable bonds is 2. The minimum Gasteiger partial charge on any atom is -0.317 e. The van der Waals surface area contributed by atoms with E-state index in [1.807, 2.05) is 12.4 Å². The van der Waals surface area contributed by atoms with Crippen LogP contribution in [0.5, 0.6) is 0 Å². The maximum absolute atomic E-state index is 12.8. The van der Waals surface area contributed by atoms with Crippen LogP contribution in [-0.4, -0.2) is 54.9 Å². The van der Waals surface area contributed by atoms with Gasteiger partial charge >= 0.3 is 18.0 Å². The zero-order valence-corrected chi connectivity index (χ0v) is 12.5. The largest absolute Gasteiger partial charge is 0.418 e. The van der Waals surface area contributed by atoms with E-state index < -0.39 is 29.2 Å². The van der Waals surface area contributed by atoms with Gasteiger partial charge in [0.15, 0.2) is 0 Å². The number of carbonyl (C=O) groups excluding carboxylic acids is 2. The van der Waals surface area contributed by atoms with Crippen LogP contribution in [0.4, 0.5) is 18.9 Å². The molecule has 1 heterocycles. The van der Waals surface area contributed by atoms with Crippen molar-refractivity contribution in [3.05, 3.63) is 29.8 Å². The second kappa shape index (κ2) is 6.97. The minimum absolute atomic E-state index is 0.446. The third kappa shape index (κ3) is 4.67. The Morgan fingerprint density at radius 3 is 2.26 bits per heavy atom. The van der Waals surface area contributed by atoms with Crippen LogP contribution in [0, 0.1) is 0 Å². The lowest BCUT2D eigenvalue weighted by Crippen LogP contribution is -2.54. The maximum Gasteiger partial charge on any atom is 0.418 e. The van der Waals surface area contributed by atoms with Gasteiger partial charge < -0.3 is 10.2 Å². The molecule has 0 radical (unpaired) electrons. The molecule has 0 saturated carbocycles. The summed E-state index contributed by atoms with van der Waals surface area (Å²) in [6.07, 6.45) is -4.61. The first kappa shape index (κ1) is 17.2. The van der Waals surface area contributed by atoms with Crippen molar-refractivity contribution in [2.45, 2.75) is 6.18 Å². The normalized spacial score (nSPS) is 16.9. The lowest BCUT2D eigenvalue weighted by Gasteiger charge is -2.32. The number of piperazine rings is 1. The Morgan fingerprint density at radius 1 is 1.04 bits per heavy atom. The van der Waals surface area contributed by atoms with Crippen molar-refractivity contribution in [3.8, 4) is 0 Å². The van der Waals surface area contributed by atoms with Gasteiger partial charge in [-0.15, -0.1) is 0 Å². The van der Waals surface area contributed by atoms with Gasteiger partial charge in [-0.2, -0.15) is 13.2 Å². The zero-order valence-electron chi connectivity index (χ0n) is 12.5. The van der Waals surface area contributed by atoms with Gasteiger partial charge in [-0.05, 0) is 19.2 Å². The van der Waals surface area contributed by atoms with Gasteiger partial charge in [-0.1, -0.05) is 12.1 Å². The summed E-state index contributed by atoms with van der Waals surface area (Å²) in [6.45, 7) is 2.51. The van der Waals surface area contributed by atoms with Gasteiger partial charge in [0.05, 0.1) is 11.3 Å². The van der Waals surface area contributed by atoms with Crippen LogP contribution in [0.25, 0.3) is 0 Å². The fraction of sp³-hybridized carbons (Fsp3) is 0.429. The van der Waals surface area contributed by atoms with Crippen molar-refractivity contribution in [1.29, 1.82) is 0 Å². The molecule has 1 aliphatic heterocycles. The summed E-state index contributed by atoms with van der Waals surface area (Å²) in [4.78, 5) is 25.7. The van der Waals surface area contributed by atoms with E-state index in [9.17, 15) is 22.8 Å². The summed E-state index contributed by atoms with van der Waals surface area (Å²) in [7, 11) is 1.93. The quantitative estimate of drug-likeness (QED) is 0.792. The third-order valence-corrected chi connectivity index (χ3v) is 3.45. The summed E-state index contributed by atoms with van der Waals surface area (Å²) in [5.41, 5.74) is 0.947. The highest BCUT2D eigenvalue weighted by Crippen LogP contribution is 2.34. The summed E-state index contributed by atoms with van der Waals surface area (Å²) < 4.78 is 38.5. The Hall–Kier alpha value is -2.13. The molecule has 6 nitrogen and oxygen atoms in total. The van der Waals surface area contributed by atoms with Gasteiger partial charge in [0.2, 0.25) is 0 Å². The molecule has 2 amide bonds. The van der Waals surface area contributed by atoms with Crippen LogP contribution in [0.2, 0.25) is 0 Å². The van der Waals surface area contributed by atoms with Crippen molar-refractivity contribution >= 4 is 17.5 Å². The van der Waals surface area contributed by atoms with E-state index in [4.69, 9.17) is 0 Å². The number of anilines is 1. The number of nitrogens with zero attached hydrogens (tertiary/aromatic N) is 2. The number of benzene rings is 1. The van der Waals surface area contributed by atoms with Crippen molar-refractivity contribution in [2.75, 3.05) is 38.5 Å². The molecule has 2 rings (SSSR count). The highest BCUT2D eigenvalue weighted by molar-refractivity contribution is 6.39. The van der Waals surface area contributed by atoms with Crippen LogP contribution in [0.3, 0.4) is 0 Å². The molecule has 0 unspecified atom stereocenters. The van der Waals surface area contributed by atoms with Gasteiger partial charge in [0, 0.05) is 26.2 Å². The van der Waals surface area contributed by atoms with Gasteiger partial charge in [0.1, 0.15) is 0 Å². The number of halogens is 3. The Balaban J connectivity index is 1.98. The number of hydrazine groups is 1. The predicted molar refractivity (Wildman–Crippen MR) is 77.3 cm³/mol. The molecule has 1 aliphatic rings. The van der Waals surface area contributed by atoms with Crippen molar-refractivity contribution in [2.24, 2.45) is 0 Å². The molecule has 9 heteroatoms. The van der Waals surface area contributed by atoms with Crippen LogP contribution in [-0.2, 0) is 15.8 Å². The number of hydrogen-bond acceptors (Lipinski definition) is 4. The molecule has 126 valence electrons. The van der Waals surface area contributed by atoms with E-state index in [1.54, 1.807) is 5.01 Å². The van der Waals surface area contributed by atoms with E-state index in [0.29, 0.717) is 13.1 Å². The molecule has 0 bridgehead atoms. The van der Waals surface area contributed by atoms with E-state index >= 15 is 0 Å². The fourth-order valence-corrected chi connectivity index (χ4v) is 2.13. The summed E-state index contributed by atoms with van der Waals surface area (Å²) in [5, 5.41) is 3.57. The molecule has 2 N–H and O–H groups in total. The molecule has 1 aromatic carbocycles. The van der Waals surface area contributed by atoms with Crippen molar-refractivity contribution in [3.63, 3.8) is 0 Å². The Morgan fingerprint density at radius 2 is 1.65 bits per heavy atom. The van der Waals surface area contributed by atoms with Crippen LogP contribution in [0.15, 0.2) is 24.3 Å². The number of carbonyl (C=O) groups is 2. The molecule has 0 spiro atoms. The molecule has 0 atom stereocenters. The van der Waals surface area contributed by atoms with E-state index in [0.717, 1.165) is 25.2 Å². The number of amides is 2. The lowest BCUT2D eigenvalue weighted by molar-refractivity contribution is -0.140. The first-order valence-corrected chi connectivity index (χ1v) is 6.99. The van der Waals surface area contributed by atoms with E-state index in [1.165, 1.54) is 12.1 Å². The standard InChI is InChI=1S/C14H17F3N4O2/c1-20-6-8-21(9-7-20)19-13(23)12(22)18-11-5-3-2-4-10(11)14(15,16)17/h2-5H,6-9H2,1H3,(H,18,22)(H,19,23). The number of likely N-dealkylation sites (N-methyl/N-ethyl adjacent to an activating group) is 1. The fourth-order valence-electron chi connectivity index (χ4n) is 2.13. The third-order valence-electron chi connectivity index (χ3n) is 3.45. The number of para-hydroxylation sites is 1. The Labute approximate surface area is 131 Å². The monoisotopic (exact) mass is 330 g/mol. The molecule has 23 heavy (non-hydrogen) atoms. The molecule has 0 aromatic heterocycles. The van der Waals surface area contributed by atoms with Crippen LogP contribution >= 0.6 is 0 Å². The number of alkyl halides is 3. The summed E-state index contributed by atoms with van der Waals surface area (Å²) in [6, 6.07) is 4.50. The molecular weight excluding hydrogens is 313 g/mol. The van der Waals surface area contributed by atoms with Crippen molar-refractivity contribution < 1.29 is 22.8 Å². The van der Waals surface area contributed by atoms with Gasteiger partial charge in [0.25, 0.3) is 0 Å². The highest BCUT2D eigenvalue weighted by atomic mass is 19.4. The first-order chi connectivity index (χ1) is 10.8. The summed E-state index contributed by atoms with van der Waals surface area (Å²) in [5.74, 6) is -2.13.